The summed E-state index contributed by atoms with van der Waals surface area (Å²) >= 11 is 0. The standard InChI is InChI=1S/C27H27F2N5O/c28-21-10-11-23(22(29)16-21)31-27(35)19-33-14-12-32(13-15-33)18-26-30-24-8-4-5-9-25(24)34(26)17-20-6-2-1-3-7-20/h1-11,16H,12-15,17-19H2,(H,31,35). The molecule has 0 bridgehead atoms. The molecule has 8 heteroatoms. The van der Waals surface area contributed by atoms with Gasteiger partial charge < -0.3 is 9.88 Å². The number of nitrogens with one attached hydrogen (secondary N) is 1. The van der Waals surface area contributed by atoms with Gasteiger partial charge in [-0.1, -0.05) is 42.5 Å². The maximum atomic E-state index is 13.8. The number of carbonyl (C=O) groups excluding carboxylic acids is 1. The molecule has 0 spiro atoms. The lowest BCUT2D eigenvalue weighted by Crippen LogP contribution is -2.48. The average molecular weight is 476 g/mol. The van der Waals surface area contributed by atoms with E-state index >= 15 is 0 Å². The Hall–Kier alpha value is -3.62. The molecule has 6 nitrogen and oxygen atoms in total. The zero-order valence-corrected chi connectivity index (χ0v) is 19.3. The summed E-state index contributed by atoms with van der Waals surface area (Å²) in [5.74, 6) is -0.739. The number of benzene rings is 3. The van der Waals surface area contributed by atoms with Crippen molar-refractivity contribution in [3.05, 3.63) is 95.8 Å². The maximum Gasteiger partial charge on any atom is 0.238 e. The average Bonchev–Trinajstić information content (AvgIpc) is 3.19. The third-order valence-electron chi connectivity index (χ3n) is 6.32. The summed E-state index contributed by atoms with van der Waals surface area (Å²) in [6.07, 6.45) is 0. The summed E-state index contributed by atoms with van der Waals surface area (Å²) in [6, 6.07) is 21.7. The van der Waals surface area contributed by atoms with Gasteiger partial charge in [0.05, 0.1) is 29.8 Å². The number of anilines is 1. The second kappa shape index (κ2) is 10.3. The third kappa shape index (κ3) is 5.55. The largest absolute Gasteiger partial charge is 0.322 e. The van der Waals surface area contributed by atoms with Crippen LogP contribution in [0.2, 0.25) is 0 Å². The van der Waals surface area contributed by atoms with Crippen LogP contribution in [0.15, 0.2) is 72.8 Å². The van der Waals surface area contributed by atoms with Crippen molar-refractivity contribution in [2.45, 2.75) is 13.1 Å². The molecule has 1 saturated heterocycles. The van der Waals surface area contributed by atoms with Crippen LogP contribution in [0.4, 0.5) is 14.5 Å². The fraction of sp³-hybridized carbons (Fsp3) is 0.259. The predicted molar refractivity (Wildman–Crippen MR) is 132 cm³/mol. The number of carbonyl (C=O) groups is 1. The van der Waals surface area contributed by atoms with Gasteiger partial charge in [-0.15, -0.1) is 0 Å². The molecule has 2 heterocycles. The molecular formula is C27H27F2N5O. The monoisotopic (exact) mass is 475 g/mol. The van der Waals surface area contributed by atoms with Crippen LogP contribution in [0.25, 0.3) is 11.0 Å². The van der Waals surface area contributed by atoms with Gasteiger partial charge in [0.25, 0.3) is 0 Å². The molecule has 4 aromatic rings. The van der Waals surface area contributed by atoms with E-state index in [-0.39, 0.29) is 18.1 Å². The Morgan fingerprint density at radius 1 is 0.857 bits per heavy atom. The van der Waals surface area contributed by atoms with Gasteiger partial charge in [-0.2, -0.15) is 0 Å². The lowest BCUT2D eigenvalue weighted by molar-refractivity contribution is -0.117. The highest BCUT2D eigenvalue weighted by Crippen LogP contribution is 2.20. The molecule has 0 saturated carbocycles. The molecule has 1 aliphatic rings. The van der Waals surface area contributed by atoms with E-state index in [9.17, 15) is 13.6 Å². The first-order valence-corrected chi connectivity index (χ1v) is 11.7. The van der Waals surface area contributed by atoms with Crippen LogP contribution in [-0.4, -0.2) is 58.0 Å². The van der Waals surface area contributed by atoms with Crippen molar-refractivity contribution in [3.8, 4) is 0 Å². The highest BCUT2D eigenvalue weighted by Gasteiger charge is 2.22. The number of nitrogens with zero attached hydrogens (tertiary/aromatic N) is 4. The molecule has 1 aromatic heterocycles. The Bertz CT molecular complexity index is 1320. The minimum absolute atomic E-state index is 0.00708. The Kier molecular flexibility index (Phi) is 6.83. The van der Waals surface area contributed by atoms with Gasteiger partial charge in [0.15, 0.2) is 0 Å². The van der Waals surface area contributed by atoms with E-state index in [1.165, 1.54) is 11.6 Å². The topological polar surface area (TPSA) is 53.4 Å². The van der Waals surface area contributed by atoms with Gasteiger partial charge in [0.1, 0.15) is 17.5 Å². The van der Waals surface area contributed by atoms with Crippen LogP contribution in [-0.2, 0) is 17.9 Å². The first-order chi connectivity index (χ1) is 17.0. The molecule has 1 fully saturated rings. The van der Waals surface area contributed by atoms with Crippen molar-refractivity contribution in [1.82, 2.24) is 19.4 Å². The molecule has 5 rings (SSSR count). The zero-order chi connectivity index (χ0) is 24.2. The number of fused-ring (bicyclic) bond motifs is 1. The van der Waals surface area contributed by atoms with Crippen LogP contribution < -0.4 is 5.32 Å². The molecule has 180 valence electrons. The molecule has 1 aliphatic heterocycles. The van der Waals surface area contributed by atoms with E-state index in [1.54, 1.807) is 0 Å². The summed E-state index contributed by atoms with van der Waals surface area (Å²) in [7, 11) is 0. The van der Waals surface area contributed by atoms with E-state index in [4.69, 9.17) is 4.98 Å². The van der Waals surface area contributed by atoms with Crippen molar-refractivity contribution in [2.75, 3.05) is 38.0 Å². The minimum atomic E-state index is -0.776. The van der Waals surface area contributed by atoms with Gasteiger partial charge in [-0.3, -0.25) is 14.6 Å². The van der Waals surface area contributed by atoms with Gasteiger partial charge in [-0.25, -0.2) is 13.8 Å². The SMILES string of the molecule is O=C(CN1CCN(Cc2nc3ccccc3n2Cc2ccccc2)CC1)Nc1ccc(F)cc1F. The molecule has 0 unspecified atom stereocenters. The van der Waals surface area contributed by atoms with E-state index in [0.29, 0.717) is 0 Å². The number of para-hydroxylation sites is 2. The number of hydrogen-bond donors (Lipinski definition) is 1. The van der Waals surface area contributed by atoms with Crippen molar-refractivity contribution in [3.63, 3.8) is 0 Å². The van der Waals surface area contributed by atoms with Crippen LogP contribution in [0.5, 0.6) is 0 Å². The first-order valence-electron chi connectivity index (χ1n) is 11.7. The molecule has 0 radical (unpaired) electrons. The van der Waals surface area contributed by atoms with Crippen LogP contribution in [0.1, 0.15) is 11.4 Å². The van der Waals surface area contributed by atoms with Crippen molar-refractivity contribution in [2.24, 2.45) is 0 Å². The quantitative estimate of drug-likeness (QED) is 0.437. The van der Waals surface area contributed by atoms with Gasteiger partial charge in [0, 0.05) is 38.8 Å². The molecule has 0 atom stereocenters. The van der Waals surface area contributed by atoms with E-state index in [2.05, 4.69) is 33.0 Å². The van der Waals surface area contributed by atoms with Gasteiger partial charge in [0.2, 0.25) is 5.91 Å². The summed E-state index contributed by atoms with van der Waals surface area (Å²) in [5.41, 5.74) is 3.33. The second-order valence-corrected chi connectivity index (χ2v) is 8.81. The second-order valence-electron chi connectivity index (χ2n) is 8.81. The number of aromatic nitrogens is 2. The molecule has 1 N–H and O–H groups in total. The number of rotatable bonds is 7. The summed E-state index contributed by atoms with van der Waals surface area (Å²) in [4.78, 5) is 21.7. The van der Waals surface area contributed by atoms with Crippen LogP contribution >= 0.6 is 0 Å². The molecule has 1 amide bonds. The zero-order valence-electron chi connectivity index (χ0n) is 19.3. The van der Waals surface area contributed by atoms with E-state index in [0.717, 1.165) is 68.3 Å². The molecule has 0 aliphatic carbocycles. The van der Waals surface area contributed by atoms with Crippen molar-refractivity contribution in [1.29, 1.82) is 0 Å². The number of imidazole rings is 1. The number of halogens is 2. The molecule has 35 heavy (non-hydrogen) atoms. The van der Waals surface area contributed by atoms with Gasteiger partial charge in [-0.05, 0) is 29.8 Å². The minimum Gasteiger partial charge on any atom is -0.322 e. The molecule has 3 aromatic carbocycles. The number of hydrogen-bond acceptors (Lipinski definition) is 4. The Balaban J connectivity index is 1.20. The molecular weight excluding hydrogens is 448 g/mol. The summed E-state index contributed by atoms with van der Waals surface area (Å²) in [5, 5.41) is 2.53. The smallest absolute Gasteiger partial charge is 0.238 e. The Morgan fingerprint density at radius 3 is 2.34 bits per heavy atom. The van der Waals surface area contributed by atoms with Gasteiger partial charge >= 0.3 is 0 Å². The summed E-state index contributed by atoms with van der Waals surface area (Å²) in [6.45, 7) is 4.69. The third-order valence-corrected chi connectivity index (χ3v) is 6.32. The lowest BCUT2D eigenvalue weighted by atomic mass is 10.2. The highest BCUT2D eigenvalue weighted by atomic mass is 19.1. The maximum absolute atomic E-state index is 13.8. The van der Waals surface area contributed by atoms with Crippen molar-refractivity contribution >= 4 is 22.6 Å². The first kappa shape index (κ1) is 23.1. The summed E-state index contributed by atoms with van der Waals surface area (Å²) < 4.78 is 29.2. The number of piperazine rings is 1. The van der Waals surface area contributed by atoms with E-state index < -0.39 is 11.6 Å². The highest BCUT2D eigenvalue weighted by molar-refractivity contribution is 5.92. The van der Waals surface area contributed by atoms with Crippen LogP contribution in [0, 0.1) is 11.6 Å². The predicted octanol–water partition coefficient (Wildman–Crippen LogP) is 4.12. The fourth-order valence-corrected chi connectivity index (χ4v) is 4.48. The van der Waals surface area contributed by atoms with E-state index in [1.807, 2.05) is 41.3 Å². The lowest BCUT2D eigenvalue weighted by Gasteiger charge is -2.34. The fourth-order valence-electron chi connectivity index (χ4n) is 4.48. The van der Waals surface area contributed by atoms with Crippen LogP contribution in [0.3, 0.4) is 0 Å². The Labute approximate surface area is 202 Å². The Morgan fingerprint density at radius 2 is 1.57 bits per heavy atom. The normalized spacial score (nSPS) is 14.9. The number of amides is 1. The van der Waals surface area contributed by atoms with Crippen molar-refractivity contribution < 1.29 is 13.6 Å².